The van der Waals surface area contributed by atoms with E-state index in [-0.39, 0.29) is 12.4 Å². The molecule has 0 radical (unpaired) electrons. The van der Waals surface area contributed by atoms with E-state index < -0.39 is 0 Å². The van der Waals surface area contributed by atoms with Crippen molar-refractivity contribution in [3.8, 4) is 0 Å². The molecule has 0 aromatic carbocycles. The molecule has 0 saturated carbocycles. The molecule has 0 atom stereocenters. The van der Waals surface area contributed by atoms with Crippen LogP contribution in [0, 0.1) is 0 Å². The fourth-order valence-corrected chi connectivity index (χ4v) is 1.20. The summed E-state index contributed by atoms with van der Waals surface area (Å²) in [5.74, 6) is 0.117. The van der Waals surface area contributed by atoms with Crippen LogP contribution in [0.3, 0.4) is 0 Å². The third kappa shape index (κ3) is 11.6. The molecule has 13 heavy (non-hydrogen) atoms. The van der Waals surface area contributed by atoms with Gasteiger partial charge in [0, 0.05) is 6.61 Å². The van der Waals surface area contributed by atoms with Crippen LogP contribution in [-0.2, 0) is 9.53 Å². The largest absolute Gasteiger partial charge is 0.374 e. The lowest BCUT2D eigenvalue weighted by Gasteiger charge is -2.01. The molecule has 0 N–H and O–H groups in total. The Kier molecular flexibility index (Phi) is 9.44. The molecular weight excluding hydrogens is 164 g/mol. The van der Waals surface area contributed by atoms with Crippen molar-refractivity contribution in [3.05, 3.63) is 0 Å². The highest BCUT2D eigenvalue weighted by molar-refractivity contribution is 5.76. The highest BCUT2D eigenvalue weighted by atomic mass is 16.5. The minimum Gasteiger partial charge on any atom is -0.374 e. The number of carbonyl (C=O) groups excluding carboxylic acids is 1. The monoisotopic (exact) mass is 186 g/mol. The first-order valence-electron chi connectivity index (χ1n) is 5.34. The first-order valence-corrected chi connectivity index (χ1v) is 5.34. The van der Waals surface area contributed by atoms with E-state index in [0.717, 1.165) is 13.0 Å². The Labute approximate surface area is 81.7 Å². The maximum absolute atomic E-state index is 10.5. The normalized spacial score (nSPS) is 10.3. The predicted molar refractivity (Wildman–Crippen MR) is 54.9 cm³/mol. The third-order valence-electron chi connectivity index (χ3n) is 1.95. The van der Waals surface area contributed by atoms with E-state index in [1.165, 1.54) is 32.1 Å². The van der Waals surface area contributed by atoms with Crippen molar-refractivity contribution in [3.63, 3.8) is 0 Å². The van der Waals surface area contributed by atoms with Crippen molar-refractivity contribution in [2.75, 3.05) is 13.2 Å². The smallest absolute Gasteiger partial charge is 0.155 e. The second-order valence-electron chi connectivity index (χ2n) is 3.52. The lowest BCUT2D eigenvalue weighted by molar-refractivity contribution is -0.121. The summed E-state index contributed by atoms with van der Waals surface area (Å²) in [7, 11) is 0. The summed E-state index contributed by atoms with van der Waals surface area (Å²) >= 11 is 0. The van der Waals surface area contributed by atoms with Gasteiger partial charge in [0.25, 0.3) is 0 Å². The molecule has 0 aromatic heterocycles. The van der Waals surface area contributed by atoms with Crippen LogP contribution in [0.1, 0.15) is 52.4 Å². The summed E-state index contributed by atoms with van der Waals surface area (Å²) in [6.45, 7) is 4.80. The summed E-state index contributed by atoms with van der Waals surface area (Å²) in [5, 5.41) is 0. The van der Waals surface area contributed by atoms with Crippen molar-refractivity contribution < 1.29 is 9.53 Å². The van der Waals surface area contributed by atoms with E-state index in [9.17, 15) is 4.79 Å². The van der Waals surface area contributed by atoms with Crippen LogP contribution < -0.4 is 0 Å². The minimum absolute atomic E-state index is 0.117. The number of carbonyl (C=O) groups is 1. The molecule has 0 aromatic rings. The first-order chi connectivity index (χ1) is 6.27. The zero-order valence-electron chi connectivity index (χ0n) is 8.97. The molecule has 2 heteroatoms. The lowest BCUT2D eigenvalue weighted by atomic mass is 10.1. The number of rotatable bonds is 9. The van der Waals surface area contributed by atoms with Gasteiger partial charge in [0.1, 0.15) is 6.61 Å². The predicted octanol–water partition coefficient (Wildman–Crippen LogP) is 2.95. The summed E-state index contributed by atoms with van der Waals surface area (Å²) in [5.41, 5.74) is 0. The van der Waals surface area contributed by atoms with Gasteiger partial charge in [-0.3, -0.25) is 4.79 Å². The zero-order valence-corrected chi connectivity index (χ0v) is 8.97. The van der Waals surface area contributed by atoms with Gasteiger partial charge in [0.15, 0.2) is 5.78 Å². The molecule has 0 rings (SSSR count). The minimum atomic E-state index is 0.117. The zero-order chi connectivity index (χ0) is 9.94. The molecule has 0 bridgehead atoms. The molecule has 0 aliphatic heterocycles. The molecule has 0 spiro atoms. The van der Waals surface area contributed by atoms with Crippen LogP contribution >= 0.6 is 0 Å². The Hall–Kier alpha value is -0.370. The maximum atomic E-state index is 10.5. The molecule has 0 saturated heterocycles. The fourth-order valence-electron chi connectivity index (χ4n) is 1.20. The SMILES string of the molecule is CCCCCCCCOCC(C)=O. The number of unbranched alkanes of at least 4 members (excludes halogenated alkanes) is 5. The number of ether oxygens (including phenoxy) is 1. The van der Waals surface area contributed by atoms with Crippen LogP contribution in [0.15, 0.2) is 0 Å². The molecule has 0 aliphatic rings. The van der Waals surface area contributed by atoms with E-state index in [1.807, 2.05) is 0 Å². The van der Waals surface area contributed by atoms with Crippen LogP contribution in [0.25, 0.3) is 0 Å². The average molecular weight is 186 g/mol. The highest BCUT2D eigenvalue weighted by Crippen LogP contribution is 2.04. The molecule has 0 fully saturated rings. The van der Waals surface area contributed by atoms with Crippen LogP contribution in [0.5, 0.6) is 0 Å². The number of ketones is 1. The van der Waals surface area contributed by atoms with Crippen molar-refractivity contribution >= 4 is 5.78 Å². The second kappa shape index (κ2) is 9.72. The first kappa shape index (κ1) is 12.6. The van der Waals surface area contributed by atoms with E-state index in [4.69, 9.17) is 4.74 Å². The third-order valence-corrected chi connectivity index (χ3v) is 1.95. The topological polar surface area (TPSA) is 26.3 Å². The molecule has 2 nitrogen and oxygen atoms in total. The van der Waals surface area contributed by atoms with Crippen molar-refractivity contribution in [2.45, 2.75) is 52.4 Å². The Morgan fingerprint density at radius 2 is 1.69 bits per heavy atom. The number of hydrogen-bond donors (Lipinski definition) is 0. The van der Waals surface area contributed by atoms with Gasteiger partial charge in [-0.2, -0.15) is 0 Å². The van der Waals surface area contributed by atoms with Gasteiger partial charge < -0.3 is 4.74 Å². The van der Waals surface area contributed by atoms with E-state index in [1.54, 1.807) is 6.92 Å². The van der Waals surface area contributed by atoms with Gasteiger partial charge in [0.05, 0.1) is 0 Å². The van der Waals surface area contributed by atoms with Gasteiger partial charge in [-0.25, -0.2) is 0 Å². The van der Waals surface area contributed by atoms with Gasteiger partial charge in [-0.15, -0.1) is 0 Å². The van der Waals surface area contributed by atoms with Gasteiger partial charge in [-0.1, -0.05) is 39.0 Å². The fraction of sp³-hybridized carbons (Fsp3) is 0.909. The van der Waals surface area contributed by atoms with Crippen molar-refractivity contribution in [1.82, 2.24) is 0 Å². The quantitative estimate of drug-likeness (QED) is 0.517. The number of Topliss-reactive ketones (excluding diaryl/α,β-unsaturated/α-hetero) is 1. The van der Waals surface area contributed by atoms with Gasteiger partial charge in [-0.05, 0) is 13.3 Å². The average Bonchev–Trinajstić information content (AvgIpc) is 2.09. The van der Waals surface area contributed by atoms with Crippen molar-refractivity contribution in [2.24, 2.45) is 0 Å². The van der Waals surface area contributed by atoms with Gasteiger partial charge in [0.2, 0.25) is 0 Å². The molecule has 0 unspecified atom stereocenters. The summed E-state index contributed by atoms with van der Waals surface area (Å²) in [6.07, 6.45) is 7.60. The van der Waals surface area contributed by atoms with E-state index >= 15 is 0 Å². The van der Waals surface area contributed by atoms with Crippen LogP contribution in [0.4, 0.5) is 0 Å². The van der Waals surface area contributed by atoms with E-state index in [0.29, 0.717) is 0 Å². The van der Waals surface area contributed by atoms with Crippen LogP contribution in [0.2, 0.25) is 0 Å². The molecule has 0 amide bonds. The Morgan fingerprint density at radius 3 is 2.31 bits per heavy atom. The maximum Gasteiger partial charge on any atom is 0.155 e. The summed E-state index contributed by atoms with van der Waals surface area (Å²) < 4.78 is 5.15. The molecule has 0 heterocycles. The molecular formula is C11H22O2. The van der Waals surface area contributed by atoms with Gasteiger partial charge >= 0.3 is 0 Å². The summed E-state index contributed by atoms with van der Waals surface area (Å²) in [4.78, 5) is 10.5. The molecule has 0 aliphatic carbocycles. The van der Waals surface area contributed by atoms with Crippen LogP contribution in [-0.4, -0.2) is 19.0 Å². The second-order valence-corrected chi connectivity index (χ2v) is 3.52. The lowest BCUT2D eigenvalue weighted by Crippen LogP contribution is -2.04. The van der Waals surface area contributed by atoms with E-state index in [2.05, 4.69) is 6.92 Å². The molecule has 78 valence electrons. The van der Waals surface area contributed by atoms with Crippen molar-refractivity contribution in [1.29, 1.82) is 0 Å². The number of hydrogen-bond acceptors (Lipinski definition) is 2. The Morgan fingerprint density at radius 1 is 1.08 bits per heavy atom. The summed E-state index contributed by atoms with van der Waals surface area (Å²) in [6, 6.07) is 0. The highest BCUT2D eigenvalue weighted by Gasteiger charge is 1.93. The Balaban J connectivity index is 2.87. The Bertz CT molecular complexity index is 121. The standard InChI is InChI=1S/C11H22O2/c1-3-4-5-6-7-8-9-13-10-11(2)12/h3-10H2,1-2H3.